The Morgan fingerprint density at radius 1 is 0.708 bits per heavy atom. The van der Waals surface area contributed by atoms with E-state index in [1.165, 1.54) is 12.1 Å². The van der Waals surface area contributed by atoms with Crippen LogP contribution in [0.5, 0.6) is 23.0 Å². The Hall–Kier alpha value is -2.44. The Morgan fingerprint density at radius 3 is 1.46 bits per heavy atom. The molecule has 0 aromatic heterocycles. The number of hydrogen-bond acceptors (Lipinski definition) is 6. The zero-order chi connectivity index (χ0) is 17.4. The Morgan fingerprint density at radius 2 is 1.08 bits per heavy atom. The van der Waals surface area contributed by atoms with Crippen LogP contribution in [0.4, 0.5) is 0 Å². The number of benzene rings is 2. The summed E-state index contributed by atoms with van der Waals surface area (Å²) in [5.41, 5.74) is 0.403. The normalized spacial score (nSPS) is 26.5. The number of phenols is 2. The molecule has 6 nitrogen and oxygen atoms in total. The van der Waals surface area contributed by atoms with Gasteiger partial charge in [-0.15, -0.1) is 0 Å². The van der Waals surface area contributed by atoms with Gasteiger partial charge in [0.25, 0.3) is 0 Å². The van der Waals surface area contributed by atoms with Gasteiger partial charge in [0.15, 0.2) is 0 Å². The molecule has 2 aromatic rings. The first-order chi connectivity index (χ1) is 11.4. The fraction of sp³-hybridized carbons (Fsp3) is 0.333. The quantitative estimate of drug-likeness (QED) is 0.591. The molecule has 1 aliphatic rings. The minimum absolute atomic E-state index is 0.117. The molecule has 0 amide bonds. The smallest absolute Gasteiger partial charge is 0.129 e. The lowest BCUT2D eigenvalue weighted by Crippen LogP contribution is -2.28. The molecule has 0 bridgehead atoms. The summed E-state index contributed by atoms with van der Waals surface area (Å²) in [6.07, 6.45) is -3.80. The highest BCUT2D eigenvalue weighted by Gasteiger charge is 2.32. The fourth-order valence-electron chi connectivity index (χ4n) is 2.86. The predicted octanol–water partition coefficient (Wildman–Crippen LogP) is 2.41. The van der Waals surface area contributed by atoms with Crippen LogP contribution >= 0.6 is 0 Å². The second-order valence-corrected chi connectivity index (χ2v) is 5.91. The van der Waals surface area contributed by atoms with Crippen LogP contribution in [0.15, 0.2) is 36.4 Å². The lowest BCUT2D eigenvalue weighted by molar-refractivity contribution is 0.0133. The summed E-state index contributed by atoms with van der Waals surface area (Å²) in [6.45, 7) is 3.26. The topological polar surface area (TPSA) is 99.4 Å². The number of aliphatic hydroxyl groups excluding tert-OH is 2. The molecule has 0 spiro atoms. The maximum Gasteiger partial charge on any atom is 0.129 e. The van der Waals surface area contributed by atoms with Crippen LogP contribution in [0.1, 0.15) is 37.2 Å². The summed E-state index contributed by atoms with van der Waals surface area (Å²) in [4.78, 5) is 0. The fourth-order valence-corrected chi connectivity index (χ4v) is 2.86. The van der Waals surface area contributed by atoms with Crippen LogP contribution in [0.2, 0.25) is 0 Å². The zero-order valence-electron chi connectivity index (χ0n) is 13.4. The highest BCUT2D eigenvalue weighted by molar-refractivity contribution is 5.49. The first kappa shape index (κ1) is 16.4. The van der Waals surface area contributed by atoms with E-state index in [2.05, 4.69) is 0 Å². The minimum atomic E-state index is -1.15. The van der Waals surface area contributed by atoms with Crippen molar-refractivity contribution in [1.29, 1.82) is 0 Å². The molecule has 0 fully saturated rings. The minimum Gasteiger partial charge on any atom is -0.507 e. The van der Waals surface area contributed by atoms with Crippen molar-refractivity contribution >= 4 is 0 Å². The van der Waals surface area contributed by atoms with Gasteiger partial charge in [-0.1, -0.05) is 12.1 Å². The van der Waals surface area contributed by atoms with E-state index in [9.17, 15) is 20.4 Å². The molecule has 24 heavy (non-hydrogen) atoms. The average molecular weight is 332 g/mol. The molecule has 1 heterocycles. The third-order valence-electron chi connectivity index (χ3n) is 4.19. The number of aliphatic hydroxyl groups is 2. The average Bonchev–Trinajstić information content (AvgIpc) is 2.53. The summed E-state index contributed by atoms with van der Waals surface area (Å²) in [5.74, 6) is 0.273. The second-order valence-electron chi connectivity index (χ2n) is 5.91. The second kappa shape index (κ2) is 6.22. The van der Waals surface area contributed by atoms with E-state index < -0.39 is 24.4 Å². The number of aromatic hydroxyl groups is 2. The molecule has 0 saturated carbocycles. The molecule has 6 heteroatoms. The summed E-state index contributed by atoms with van der Waals surface area (Å²) in [7, 11) is 0. The van der Waals surface area contributed by atoms with Crippen LogP contribution in [0, 0.1) is 0 Å². The standard InChI is InChI=1S/C18H20O6/c1-9-17(21)15-11(19)5-4-8-14(15)24-10(2)18(22)16-12(20)6-3-7-13(16)23-9/h3-10,17-22H,1-2H3/t9-,10+,17-,18-/m1/s1. The Labute approximate surface area is 139 Å². The lowest BCUT2D eigenvalue weighted by atomic mass is 9.99. The lowest BCUT2D eigenvalue weighted by Gasteiger charge is -2.30. The number of fused-ring (bicyclic) bond motifs is 2. The SMILES string of the molecule is C[C@@H]1Oc2cccc(O)c2[C@H](O)[C@@H](C)Oc2cccc(O)c2[C@@H]1O. The van der Waals surface area contributed by atoms with Gasteiger partial charge < -0.3 is 29.9 Å². The van der Waals surface area contributed by atoms with Crippen LogP contribution in [-0.2, 0) is 0 Å². The third kappa shape index (κ3) is 2.74. The molecular weight excluding hydrogens is 312 g/mol. The van der Waals surface area contributed by atoms with Crippen LogP contribution in [0.25, 0.3) is 0 Å². The molecule has 1 aliphatic heterocycles. The largest absolute Gasteiger partial charge is 0.507 e. The van der Waals surface area contributed by atoms with Gasteiger partial charge >= 0.3 is 0 Å². The number of ether oxygens (including phenoxy) is 2. The van der Waals surface area contributed by atoms with Crippen molar-refractivity contribution in [1.82, 2.24) is 0 Å². The van der Waals surface area contributed by atoms with E-state index in [0.29, 0.717) is 0 Å². The van der Waals surface area contributed by atoms with E-state index in [1.54, 1.807) is 38.1 Å². The molecule has 0 aliphatic carbocycles. The van der Waals surface area contributed by atoms with Gasteiger partial charge in [-0.05, 0) is 38.1 Å². The van der Waals surface area contributed by atoms with Crippen molar-refractivity contribution in [3.05, 3.63) is 47.5 Å². The van der Waals surface area contributed by atoms with Crippen molar-refractivity contribution in [2.24, 2.45) is 0 Å². The molecule has 0 unspecified atom stereocenters. The highest BCUT2D eigenvalue weighted by atomic mass is 16.5. The van der Waals surface area contributed by atoms with Gasteiger partial charge in [0.05, 0.1) is 11.1 Å². The van der Waals surface area contributed by atoms with Crippen molar-refractivity contribution in [2.45, 2.75) is 38.3 Å². The number of rotatable bonds is 0. The molecule has 0 radical (unpaired) electrons. The monoisotopic (exact) mass is 332 g/mol. The Kier molecular flexibility index (Phi) is 4.26. The van der Waals surface area contributed by atoms with Gasteiger partial charge in [-0.25, -0.2) is 0 Å². The van der Waals surface area contributed by atoms with E-state index in [1.807, 2.05) is 0 Å². The summed E-state index contributed by atoms with van der Waals surface area (Å²) in [5, 5.41) is 41.4. The highest BCUT2D eigenvalue weighted by Crippen LogP contribution is 2.42. The third-order valence-corrected chi connectivity index (χ3v) is 4.19. The van der Waals surface area contributed by atoms with Gasteiger partial charge in [0.2, 0.25) is 0 Å². The van der Waals surface area contributed by atoms with E-state index in [4.69, 9.17) is 9.47 Å². The maximum atomic E-state index is 10.6. The molecule has 0 saturated heterocycles. The van der Waals surface area contributed by atoms with E-state index >= 15 is 0 Å². The molecule has 3 rings (SSSR count). The summed E-state index contributed by atoms with van der Waals surface area (Å²) in [6, 6.07) is 9.27. The van der Waals surface area contributed by atoms with Gasteiger partial charge in [0.1, 0.15) is 47.4 Å². The van der Waals surface area contributed by atoms with E-state index in [-0.39, 0.29) is 34.1 Å². The Balaban J connectivity index is 2.14. The molecular formula is C18H20O6. The molecule has 2 aromatic carbocycles. The predicted molar refractivity (Wildman–Crippen MR) is 86.3 cm³/mol. The van der Waals surface area contributed by atoms with Crippen molar-refractivity contribution in [2.75, 3.05) is 0 Å². The molecule has 4 atom stereocenters. The molecule has 128 valence electrons. The first-order valence-corrected chi connectivity index (χ1v) is 7.73. The van der Waals surface area contributed by atoms with Crippen LogP contribution in [0.3, 0.4) is 0 Å². The summed E-state index contributed by atoms with van der Waals surface area (Å²) >= 11 is 0. The van der Waals surface area contributed by atoms with Crippen LogP contribution < -0.4 is 9.47 Å². The first-order valence-electron chi connectivity index (χ1n) is 7.73. The van der Waals surface area contributed by atoms with Crippen molar-refractivity contribution < 1.29 is 29.9 Å². The number of hydrogen-bond donors (Lipinski definition) is 4. The van der Waals surface area contributed by atoms with Crippen molar-refractivity contribution in [3.63, 3.8) is 0 Å². The van der Waals surface area contributed by atoms with Crippen molar-refractivity contribution in [3.8, 4) is 23.0 Å². The van der Waals surface area contributed by atoms with E-state index in [0.717, 1.165) is 0 Å². The number of phenolic OH excluding ortho intramolecular Hbond substituents is 2. The van der Waals surface area contributed by atoms with Gasteiger partial charge in [0, 0.05) is 0 Å². The zero-order valence-corrected chi connectivity index (χ0v) is 13.4. The van der Waals surface area contributed by atoms with Gasteiger partial charge in [-0.3, -0.25) is 0 Å². The molecule has 4 N–H and O–H groups in total. The Bertz CT molecular complexity index is 681. The van der Waals surface area contributed by atoms with Gasteiger partial charge in [-0.2, -0.15) is 0 Å². The maximum absolute atomic E-state index is 10.6. The summed E-state index contributed by atoms with van der Waals surface area (Å²) < 4.78 is 11.5. The van der Waals surface area contributed by atoms with Crippen LogP contribution in [-0.4, -0.2) is 32.6 Å².